The van der Waals surface area contributed by atoms with Crippen LogP contribution >= 0.6 is 0 Å². The van der Waals surface area contributed by atoms with Crippen LogP contribution in [0.15, 0.2) is 11.6 Å². The number of ketones is 1. The molecule has 0 spiro atoms. The third-order valence-electron chi connectivity index (χ3n) is 8.57. The molecule has 4 rings (SSSR count). The average molecular weight is 316 g/mol. The van der Waals surface area contributed by atoms with Crippen molar-refractivity contribution in [3.63, 3.8) is 0 Å². The lowest BCUT2D eigenvalue weighted by molar-refractivity contribution is -0.127. The van der Waals surface area contributed by atoms with E-state index in [0.29, 0.717) is 17.1 Å². The fourth-order valence-corrected chi connectivity index (χ4v) is 7.31. The summed E-state index contributed by atoms with van der Waals surface area (Å²) in [6.45, 7) is 6.70. The minimum Gasteiger partial charge on any atom is -0.393 e. The van der Waals surface area contributed by atoms with E-state index in [2.05, 4.69) is 19.9 Å². The molecule has 0 aliphatic heterocycles. The molecule has 0 amide bonds. The Morgan fingerprint density at radius 1 is 1.13 bits per heavy atom. The van der Waals surface area contributed by atoms with Crippen molar-refractivity contribution < 1.29 is 9.90 Å². The van der Waals surface area contributed by atoms with Gasteiger partial charge in [-0.1, -0.05) is 25.5 Å². The molecule has 3 fully saturated rings. The van der Waals surface area contributed by atoms with E-state index in [4.69, 9.17) is 0 Å². The zero-order chi connectivity index (χ0) is 16.4. The summed E-state index contributed by atoms with van der Waals surface area (Å²) in [6, 6.07) is 0. The number of aliphatic hydroxyl groups is 1. The van der Waals surface area contributed by atoms with Crippen LogP contribution in [0.1, 0.15) is 72.1 Å². The standard InChI is InChI=1S/C21H32O2/c1-13(22)17-6-7-18-16-5-4-14-12-15(23)8-10-20(14,2)19(16)9-11-21(17,18)3/h4,15-19,23H,5-12H2,1-3H3/t15?,16-,17-,18-,19-,20-,21+/m0/s1. The number of aliphatic hydroxyl groups excluding tert-OH is 1. The lowest BCUT2D eigenvalue weighted by Crippen LogP contribution is -2.50. The molecule has 128 valence electrons. The van der Waals surface area contributed by atoms with Gasteiger partial charge in [0.2, 0.25) is 0 Å². The average Bonchev–Trinajstić information content (AvgIpc) is 2.85. The van der Waals surface area contributed by atoms with Gasteiger partial charge in [0.15, 0.2) is 0 Å². The first kappa shape index (κ1) is 15.9. The van der Waals surface area contributed by atoms with E-state index < -0.39 is 0 Å². The van der Waals surface area contributed by atoms with Gasteiger partial charge in [0.05, 0.1) is 6.10 Å². The molecule has 0 aromatic carbocycles. The molecule has 1 N–H and O–H groups in total. The summed E-state index contributed by atoms with van der Waals surface area (Å²) in [5, 5.41) is 10.1. The van der Waals surface area contributed by atoms with Crippen molar-refractivity contribution in [2.75, 3.05) is 0 Å². The maximum atomic E-state index is 12.2. The van der Waals surface area contributed by atoms with E-state index >= 15 is 0 Å². The van der Waals surface area contributed by atoms with Crippen LogP contribution in [-0.2, 0) is 4.79 Å². The van der Waals surface area contributed by atoms with Crippen molar-refractivity contribution >= 4 is 5.78 Å². The van der Waals surface area contributed by atoms with Crippen LogP contribution in [0.25, 0.3) is 0 Å². The summed E-state index contributed by atoms with van der Waals surface area (Å²) in [6.07, 6.45) is 11.5. The van der Waals surface area contributed by atoms with Crippen LogP contribution in [0.5, 0.6) is 0 Å². The van der Waals surface area contributed by atoms with E-state index in [1.165, 1.54) is 25.7 Å². The molecule has 23 heavy (non-hydrogen) atoms. The second-order valence-corrected chi connectivity index (χ2v) is 9.44. The van der Waals surface area contributed by atoms with Crippen molar-refractivity contribution in [2.45, 2.75) is 78.2 Å². The van der Waals surface area contributed by atoms with Gasteiger partial charge in [-0.3, -0.25) is 4.79 Å². The van der Waals surface area contributed by atoms with Gasteiger partial charge in [-0.15, -0.1) is 0 Å². The molecule has 3 saturated carbocycles. The molecule has 0 aromatic rings. The maximum Gasteiger partial charge on any atom is 0.133 e. The molecule has 7 atom stereocenters. The number of hydrogen-bond donors (Lipinski definition) is 1. The summed E-state index contributed by atoms with van der Waals surface area (Å²) in [7, 11) is 0. The Hall–Kier alpha value is -0.630. The minimum atomic E-state index is -0.117. The van der Waals surface area contributed by atoms with E-state index in [-0.39, 0.29) is 11.5 Å². The fraction of sp³-hybridized carbons (Fsp3) is 0.857. The van der Waals surface area contributed by atoms with Crippen LogP contribution in [0.3, 0.4) is 0 Å². The van der Waals surface area contributed by atoms with Gasteiger partial charge in [-0.05, 0) is 86.9 Å². The van der Waals surface area contributed by atoms with Crippen LogP contribution < -0.4 is 0 Å². The van der Waals surface area contributed by atoms with Gasteiger partial charge in [-0.25, -0.2) is 0 Å². The number of allylic oxidation sites excluding steroid dienone is 1. The van der Waals surface area contributed by atoms with Crippen LogP contribution in [0.4, 0.5) is 0 Å². The summed E-state index contributed by atoms with van der Waals surface area (Å²) < 4.78 is 0. The van der Waals surface area contributed by atoms with Gasteiger partial charge in [0, 0.05) is 5.92 Å². The Balaban J connectivity index is 1.66. The summed E-state index contributed by atoms with van der Waals surface area (Å²) in [4.78, 5) is 12.2. The fourth-order valence-electron chi connectivity index (χ4n) is 7.31. The predicted octanol–water partition coefficient (Wildman–Crippen LogP) is 4.52. The molecule has 0 heterocycles. The zero-order valence-corrected chi connectivity index (χ0v) is 15.0. The number of fused-ring (bicyclic) bond motifs is 5. The first-order valence-corrected chi connectivity index (χ1v) is 9.74. The first-order chi connectivity index (χ1) is 10.9. The lowest BCUT2D eigenvalue weighted by Gasteiger charge is -2.57. The lowest BCUT2D eigenvalue weighted by atomic mass is 9.47. The molecule has 0 bridgehead atoms. The summed E-state index contributed by atoms with van der Waals surface area (Å²) in [5.41, 5.74) is 2.11. The second kappa shape index (κ2) is 5.18. The highest BCUT2D eigenvalue weighted by atomic mass is 16.3. The van der Waals surface area contributed by atoms with Crippen molar-refractivity contribution in [3.8, 4) is 0 Å². The SMILES string of the molecule is CC(=O)[C@@H]1CC[C@H]2[C@@H]3CC=C4CC(O)CC[C@]4(C)[C@H]3CC[C@]12C. The monoisotopic (exact) mass is 316 g/mol. The highest BCUT2D eigenvalue weighted by Gasteiger charge is 2.59. The van der Waals surface area contributed by atoms with E-state index in [1.54, 1.807) is 5.57 Å². The Morgan fingerprint density at radius 2 is 1.91 bits per heavy atom. The van der Waals surface area contributed by atoms with Gasteiger partial charge in [0.1, 0.15) is 5.78 Å². The number of Topliss-reactive ketones (excluding diaryl/α,β-unsaturated/α-hetero) is 1. The molecule has 2 heteroatoms. The number of hydrogen-bond acceptors (Lipinski definition) is 2. The third kappa shape index (κ3) is 2.13. The maximum absolute atomic E-state index is 12.2. The highest BCUT2D eigenvalue weighted by molar-refractivity contribution is 5.79. The highest BCUT2D eigenvalue weighted by Crippen LogP contribution is 2.66. The van der Waals surface area contributed by atoms with Crippen molar-refractivity contribution in [2.24, 2.45) is 34.5 Å². The van der Waals surface area contributed by atoms with Crippen molar-refractivity contribution in [1.29, 1.82) is 0 Å². The van der Waals surface area contributed by atoms with Gasteiger partial charge < -0.3 is 5.11 Å². The summed E-state index contributed by atoms with van der Waals surface area (Å²) >= 11 is 0. The second-order valence-electron chi connectivity index (χ2n) is 9.44. The smallest absolute Gasteiger partial charge is 0.133 e. The molecule has 0 saturated heterocycles. The normalized spacial score (nSPS) is 52.2. The first-order valence-electron chi connectivity index (χ1n) is 9.74. The Bertz CT molecular complexity index is 550. The van der Waals surface area contributed by atoms with E-state index in [0.717, 1.165) is 43.4 Å². The number of carbonyl (C=O) groups excluding carboxylic acids is 1. The minimum absolute atomic E-state index is 0.117. The van der Waals surface area contributed by atoms with Crippen molar-refractivity contribution in [1.82, 2.24) is 0 Å². The summed E-state index contributed by atoms with van der Waals surface area (Å²) in [5.74, 6) is 3.00. The van der Waals surface area contributed by atoms with E-state index in [9.17, 15) is 9.90 Å². The molecule has 2 nitrogen and oxygen atoms in total. The molecule has 0 aromatic heterocycles. The number of rotatable bonds is 1. The van der Waals surface area contributed by atoms with Gasteiger partial charge >= 0.3 is 0 Å². The predicted molar refractivity (Wildman–Crippen MR) is 91.9 cm³/mol. The van der Waals surface area contributed by atoms with Crippen LogP contribution in [-0.4, -0.2) is 17.0 Å². The molecule has 4 aliphatic carbocycles. The Labute approximate surface area is 140 Å². The Kier molecular flexibility index (Phi) is 3.58. The molecule has 0 radical (unpaired) electrons. The molecular formula is C21H32O2. The molecule has 1 unspecified atom stereocenters. The molecule has 4 aliphatic rings. The number of carbonyl (C=O) groups is 1. The Morgan fingerprint density at radius 3 is 2.65 bits per heavy atom. The van der Waals surface area contributed by atoms with E-state index in [1.807, 2.05) is 6.92 Å². The topological polar surface area (TPSA) is 37.3 Å². The van der Waals surface area contributed by atoms with Gasteiger partial charge in [0.25, 0.3) is 0 Å². The van der Waals surface area contributed by atoms with Crippen LogP contribution in [0, 0.1) is 34.5 Å². The largest absolute Gasteiger partial charge is 0.393 e. The molecular weight excluding hydrogens is 284 g/mol. The van der Waals surface area contributed by atoms with Gasteiger partial charge in [-0.2, -0.15) is 0 Å². The quantitative estimate of drug-likeness (QED) is 0.722. The van der Waals surface area contributed by atoms with Crippen molar-refractivity contribution in [3.05, 3.63) is 11.6 Å². The van der Waals surface area contributed by atoms with Crippen LogP contribution in [0.2, 0.25) is 0 Å². The third-order valence-corrected chi connectivity index (χ3v) is 8.57. The zero-order valence-electron chi connectivity index (χ0n) is 15.0.